The van der Waals surface area contributed by atoms with Crippen molar-refractivity contribution in [2.24, 2.45) is 5.92 Å². The molecule has 3 nitrogen and oxygen atoms in total. The van der Waals surface area contributed by atoms with Crippen molar-refractivity contribution in [1.29, 1.82) is 0 Å². The zero-order valence-electron chi connectivity index (χ0n) is 9.53. The van der Waals surface area contributed by atoms with Gasteiger partial charge in [0.2, 0.25) is 0 Å². The summed E-state index contributed by atoms with van der Waals surface area (Å²) < 4.78 is 5.19. The minimum absolute atomic E-state index is 0.247. The SMILES string of the molecule is Cc1cc(C(=O)OCCC2CC2)ccc1N. The number of carbonyl (C=O) groups excluding carboxylic acids is 1. The number of rotatable bonds is 4. The number of anilines is 1. The molecular weight excluding hydrogens is 202 g/mol. The maximum atomic E-state index is 11.6. The second-order valence-electron chi connectivity index (χ2n) is 4.44. The fourth-order valence-corrected chi connectivity index (χ4v) is 1.61. The number of aryl methyl sites for hydroxylation is 1. The van der Waals surface area contributed by atoms with Crippen LogP contribution in [0.1, 0.15) is 35.2 Å². The van der Waals surface area contributed by atoms with Gasteiger partial charge in [-0.05, 0) is 43.0 Å². The Morgan fingerprint density at radius 2 is 2.25 bits per heavy atom. The van der Waals surface area contributed by atoms with Crippen LogP contribution in [0.2, 0.25) is 0 Å². The summed E-state index contributed by atoms with van der Waals surface area (Å²) in [6.07, 6.45) is 3.58. The Kier molecular flexibility index (Phi) is 3.13. The van der Waals surface area contributed by atoms with Gasteiger partial charge in [0, 0.05) is 5.69 Å². The van der Waals surface area contributed by atoms with Gasteiger partial charge in [-0.3, -0.25) is 0 Å². The highest BCUT2D eigenvalue weighted by atomic mass is 16.5. The van der Waals surface area contributed by atoms with E-state index >= 15 is 0 Å². The lowest BCUT2D eigenvalue weighted by atomic mass is 10.1. The summed E-state index contributed by atoms with van der Waals surface area (Å²) in [7, 11) is 0. The number of carbonyl (C=O) groups is 1. The van der Waals surface area contributed by atoms with Gasteiger partial charge in [0.25, 0.3) is 0 Å². The van der Waals surface area contributed by atoms with Crippen LogP contribution < -0.4 is 5.73 Å². The molecule has 0 amide bonds. The van der Waals surface area contributed by atoms with Crippen LogP contribution in [0.5, 0.6) is 0 Å². The van der Waals surface area contributed by atoms with E-state index in [2.05, 4.69) is 0 Å². The maximum absolute atomic E-state index is 11.6. The smallest absolute Gasteiger partial charge is 0.338 e. The van der Waals surface area contributed by atoms with Gasteiger partial charge in [0.15, 0.2) is 0 Å². The summed E-state index contributed by atoms with van der Waals surface area (Å²) in [5, 5.41) is 0. The zero-order chi connectivity index (χ0) is 11.5. The lowest BCUT2D eigenvalue weighted by molar-refractivity contribution is 0.0495. The molecule has 0 bridgehead atoms. The topological polar surface area (TPSA) is 52.3 Å². The molecule has 0 radical (unpaired) electrons. The number of hydrogen-bond donors (Lipinski definition) is 1. The molecule has 2 N–H and O–H groups in total. The fraction of sp³-hybridized carbons (Fsp3) is 0.462. The third-order valence-corrected chi connectivity index (χ3v) is 2.96. The molecule has 1 aliphatic carbocycles. The quantitative estimate of drug-likeness (QED) is 0.625. The molecule has 1 aromatic carbocycles. The number of nitrogen functional groups attached to an aromatic ring is 1. The maximum Gasteiger partial charge on any atom is 0.338 e. The lowest BCUT2D eigenvalue weighted by Gasteiger charge is -2.06. The first-order valence-electron chi connectivity index (χ1n) is 5.70. The molecule has 86 valence electrons. The predicted octanol–water partition coefficient (Wildman–Crippen LogP) is 2.53. The van der Waals surface area contributed by atoms with Crippen LogP contribution in [-0.2, 0) is 4.74 Å². The number of ether oxygens (including phenoxy) is 1. The highest BCUT2D eigenvalue weighted by Crippen LogP contribution is 2.32. The first-order valence-corrected chi connectivity index (χ1v) is 5.70. The first kappa shape index (κ1) is 11.0. The molecule has 1 aliphatic rings. The molecule has 0 atom stereocenters. The molecular formula is C13H17NO2. The highest BCUT2D eigenvalue weighted by molar-refractivity contribution is 5.90. The van der Waals surface area contributed by atoms with Crippen molar-refractivity contribution in [2.45, 2.75) is 26.2 Å². The molecule has 1 fully saturated rings. The van der Waals surface area contributed by atoms with Crippen molar-refractivity contribution in [2.75, 3.05) is 12.3 Å². The van der Waals surface area contributed by atoms with E-state index in [1.807, 2.05) is 6.92 Å². The van der Waals surface area contributed by atoms with Gasteiger partial charge < -0.3 is 10.5 Å². The molecule has 0 saturated heterocycles. The van der Waals surface area contributed by atoms with E-state index in [0.717, 1.165) is 17.9 Å². The average Bonchev–Trinajstić information content (AvgIpc) is 3.06. The van der Waals surface area contributed by atoms with Crippen LogP contribution in [0.4, 0.5) is 5.69 Å². The highest BCUT2D eigenvalue weighted by Gasteiger charge is 2.21. The monoisotopic (exact) mass is 219 g/mol. The van der Waals surface area contributed by atoms with Gasteiger partial charge in [-0.15, -0.1) is 0 Å². The summed E-state index contributed by atoms with van der Waals surface area (Å²) >= 11 is 0. The average molecular weight is 219 g/mol. The minimum Gasteiger partial charge on any atom is -0.462 e. The predicted molar refractivity (Wildman–Crippen MR) is 63.2 cm³/mol. The van der Waals surface area contributed by atoms with Gasteiger partial charge in [0.1, 0.15) is 0 Å². The third kappa shape index (κ3) is 2.75. The van der Waals surface area contributed by atoms with Crippen LogP contribution >= 0.6 is 0 Å². The van der Waals surface area contributed by atoms with Crippen LogP contribution in [0.3, 0.4) is 0 Å². The van der Waals surface area contributed by atoms with E-state index in [9.17, 15) is 4.79 Å². The van der Waals surface area contributed by atoms with Crippen molar-refractivity contribution < 1.29 is 9.53 Å². The molecule has 0 heterocycles. The number of nitrogens with two attached hydrogens (primary N) is 1. The van der Waals surface area contributed by atoms with E-state index in [-0.39, 0.29) is 5.97 Å². The van der Waals surface area contributed by atoms with Crippen molar-refractivity contribution in [1.82, 2.24) is 0 Å². The molecule has 2 rings (SSSR count). The summed E-state index contributed by atoms with van der Waals surface area (Å²) in [5.41, 5.74) is 7.89. The van der Waals surface area contributed by atoms with E-state index < -0.39 is 0 Å². The molecule has 0 unspecified atom stereocenters. The number of benzene rings is 1. The second kappa shape index (κ2) is 4.56. The van der Waals surface area contributed by atoms with E-state index in [0.29, 0.717) is 17.9 Å². The first-order chi connectivity index (χ1) is 7.66. The standard InChI is InChI=1S/C13H17NO2/c1-9-8-11(4-5-12(9)14)13(15)16-7-6-10-2-3-10/h4-5,8,10H,2-3,6-7,14H2,1H3. The molecule has 1 saturated carbocycles. The Morgan fingerprint density at radius 3 is 2.88 bits per heavy atom. The molecule has 0 spiro atoms. The van der Waals surface area contributed by atoms with Crippen LogP contribution in [0, 0.1) is 12.8 Å². The Hall–Kier alpha value is -1.51. The lowest BCUT2D eigenvalue weighted by Crippen LogP contribution is -2.07. The van der Waals surface area contributed by atoms with Crippen molar-refractivity contribution >= 4 is 11.7 Å². The van der Waals surface area contributed by atoms with E-state index in [4.69, 9.17) is 10.5 Å². The van der Waals surface area contributed by atoms with Crippen molar-refractivity contribution in [3.8, 4) is 0 Å². The summed E-state index contributed by atoms with van der Waals surface area (Å²) in [4.78, 5) is 11.6. The van der Waals surface area contributed by atoms with Crippen LogP contribution in [-0.4, -0.2) is 12.6 Å². The van der Waals surface area contributed by atoms with Gasteiger partial charge >= 0.3 is 5.97 Å². The Labute approximate surface area is 95.6 Å². The molecule has 16 heavy (non-hydrogen) atoms. The Bertz CT molecular complexity index is 397. The van der Waals surface area contributed by atoms with Gasteiger partial charge in [0.05, 0.1) is 12.2 Å². The largest absolute Gasteiger partial charge is 0.462 e. The molecule has 0 aromatic heterocycles. The van der Waals surface area contributed by atoms with Gasteiger partial charge in [-0.25, -0.2) is 4.79 Å². The summed E-state index contributed by atoms with van der Waals surface area (Å²) in [6, 6.07) is 5.23. The van der Waals surface area contributed by atoms with Crippen LogP contribution in [0.15, 0.2) is 18.2 Å². The van der Waals surface area contributed by atoms with Crippen molar-refractivity contribution in [3.05, 3.63) is 29.3 Å². The summed E-state index contributed by atoms with van der Waals surface area (Å²) in [6.45, 7) is 2.42. The summed E-state index contributed by atoms with van der Waals surface area (Å²) in [5.74, 6) is 0.546. The van der Waals surface area contributed by atoms with Gasteiger partial charge in [-0.1, -0.05) is 12.8 Å². The second-order valence-corrected chi connectivity index (χ2v) is 4.44. The normalized spacial score (nSPS) is 14.8. The zero-order valence-corrected chi connectivity index (χ0v) is 9.53. The number of hydrogen-bond acceptors (Lipinski definition) is 3. The van der Waals surface area contributed by atoms with Crippen molar-refractivity contribution in [3.63, 3.8) is 0 Å². The van der Waals surface area contributed by atoms with E-state index in [1.54, 1.807) is 18.2 Å². The van der Waals surface area contributed by atoms with Crippen LogP contribution in [0.25, 0.3) is 0 Å². The fourth-order valence-electron chi connectivity index (χ4n) is 1.61. The van der Waals surface area contributed by atoms with Gasteiger partial charge in [-0.2, -0.15) is 0 Å². The molecule has 0 aliphatic heterocycles. The minimum atomic E-state index is -0.247. The Morgan fingerprint density at radius 1 is 1.50 bits per heavy atom. The molecule has 1 aromatic rings. The molecule has 3 heteroatoms. The Balaban J connectivity index is 1.88. The number of esters is 1. The van der Waals surface area contributed by atoms with E-state index in [1.165, 1.54) is 12.8 Å². The third-order valence-electron chi connectivity index (χ3n) is 2.96.